The van der Waals surface area contributed by atoms with Crippen LogP contribution in [0.3, 0.4) is 0 Å². The Hall–Kier alpha value is -0.820. The van der Waals surface area contributed by atoms with Gasteiger partial charge in [-0.15, -0.1) is 0 Å². The van der Waals surface area contributed by atoms with Gasteiger partial charge in [0, 0.05) is 7.11 Å². The van der Waals surface area contributed by atoms with Gasteiger partial charge in [0.1, 0.15) is 0 Å². The van der Waals surface area contributed by atoms with E-state index in [1.807, 2.05) is 0 Å². The molecule has 1 unspecified atom stereocenters. The summed E-state index contributed by atoms with van der Waals surface area (Å²) in [6.45, 7) is 8.75. The predicted molar refractivity (Wildman–Crippen MR) is 60.6 cm³/mol. The maximum atomic E-state index is 5.30. The number of methoxy groups -OCH3 is 1. The van der Waals surface area contributed by atoms with Gasteiger partial charge in [-0.05, 0) is 23.5 Å². The predicted octanol–water partition coefficient (Wildman–Crippen LogP) is 3.69. The fourth-order valence-electron chi connectivity index (χ4n) is 1.39. The average molecular weight is 192 g/mol. The molecule has 0 saturated carbocycles. The Morgan fingerprint density at radius 2 is 1.86 bits per heavy atom. The van der Waals surface area contributed by atoms with Gasteiger partial charge in [0.15, 0.2) is 0 Å². The Kier molecular flexibility index (Phi) is 3.33. The molecule has 0 aliphatic carbocycles. The molecule has 1 heteroatoms. The lowest BCUT2D eigenvalue weighted by molar-refractivity contribution is 0.119. The van der Waals surface area contributed by atoms with Crippen LogP contribution in [0.5, 0.6) is 0 Å². The molecule has 0 aliphatic heterocycles. The van der Waals surface area contributed by atoms with E-state index in [1.165, 1.54) is 11.1 Å². The molecule has 14 heavy (non-hydrogen) atoms. The zero-order valence-electron chi connectivity index (χ0n) is 9.79. The van der Waals surface area contributed by atoms with Crippen LogP contribution < -0.4 is 0 Å². The van der Waals surface area contributed by atoms with E-state index in [0.29, 0.717) is 0 Å². The molecule has 0 bridgehead atoms. The number of ether oxygens (including phenoxy) is 1. The van der Waals surface area contributed by atoms with Crippen molar-refractivity contribution in [3.05, 3.63) is 35.4 Å². The standard InChI is InChI=1S/C13H20O/c1-10(14-5)11-7-6-8-12(9-11)13(2,3)4/h6-10H,1-5H3. The zero-order valence-corrected chi connectivity index (χ0v) is 9.79. The van der Waals surface area contributed by atoms with Gasteiger partial charge in [-0.25, -0.2) is 0 Å². The first-order valence-corrected chi connectivity index (χ1v) is 5.08. The fraction of sp³-hybridized carbons (Fsp3) is 0.538. The van der Waals surface area contributed by atoms with Crippen molar-refractivity contribution >= 4 is 0 Å². The van der Waals surface area contributed by atoms with Crippen molar-refractivity contribution in [2.75, 3.05) is 7.11 Å². The maximum Gasteiger partial charge on any atom is 0.0793 e. The van der Waals surface area contributed by atoms with Crippen molar-refractivity contribution in [1.82, 2.24) is 0 Å². The molecule has 0 fully saturated rings. The molecule has 0 saturated heterocycles. The van der Waals surface area contributed by atoms with E-state index in [4.69, 9.17) is 4.74 Å². The van der Waals surface area contributed by atoms with E-state index in [1.54, 1.807) is 7.11 Å². The van der Waals surface area contributed by atoms with Gasteiger partial charge in [-0.1, -0.05) is 45.0 Å². The summed E-state index contributed by atoms with van der Waals surface area (Å²) in [5.41, 5.74) is 2.82. The third-order valence-electron chi connectivity index (χ3n) is 2.58. The van der Waals surface area contributed by atoms with Crippen LogP contribution in [0.4, 0.5) is 0 Å². The number of hydrogen-bond acceptors (Lipinski definition) is 1. The van der Waals surface area contributed by atoms with Crippen molar-refractivity contribution in [2.24, 2.45) is 0 Å². The van der Waals surface area contributed by atoms with Gasteiger partial charge in [0.25, 0.3) is 0 Å². The lowest BCUT2D eigenvalue weighted by atomic mass is 9.86. The van der Waals surface area contributed by atoms with Crippen LogP contribution in [0.25, 0.3) is 0 Å². The molecule has 0 radical (unpaired) electrons. The summed E-state index contributed by atoms with van der Waals surface area (Å²) in [6, 6.07) is 8.62. The molecule has 1 atom stereocenters. The number of benzene rings is 1. The van der Waals surface area contributed by atoms with Crippen LogP contribution in [-0.2, 0) is 10.2 Å². The third-order valence-corrected chi connectivity index (χ3v) is 2.58. The van der Waals surface area contributed by atoms with E-state index in [-0.39, 0.29) is 11.5 Å². The van der Waals surface area contributed by atoms with Crippen LogP contribution in [0, 0.1) is 0 Å². The second-order valence-electron chi connectivity index (χ2n) is 4.75. The van der Waals surface area contributed by atoms with Crippen LogP contribution in [0.15, 0.2) is 24.3 Å². The molecule has 0 amide bonds. The highest BCUT2D eigenvalue weighted by Crippen LogP contribution is 2.25. The molecule has 0 N–H and O–H groups in total. The quantitative estimate of drug-likeness (QED) is 0.694. The SMILES string of the molecule is COC(C)c1cccc(C(C)(C)C)c1. The van der Waals surface area contributed by atoms with Crippen molar-refractivity contribution in [2.45, 2.75) is 39.2 Å². The smallest absolute Gasteiger partial charge is 0.0793 e. The van der Waals surface area contributed by atoms with E-state index in [0.717, 1.165) is 0 Å². The molecule has 1 rings (SSSR count). The lowest BCUT2D eigenvalue weighted by Crippen LogP contribution is -2.11. The first-order chi connectivity index (χ1) is 6.45. The minimum Gasteiger partial charge on any atom is -0.377 e. The Labute approximate surface area is 87.1 Å². The number of hydrogen-bond donors (Lipinski definition) is 0. The van der Waals surface area contributed by atoms with E-state index in [2.05, 4.69) is 52.0 Å². The zero-order chi connectivity index (χ0) is 10.8. The Bertz CT molecular complexity index is 296. The lowest BCUT2D eigenvalue weighted by Gasteiger charge is -2.21. The molecule has 78 valence electrons. The highest BCUT2D eigenvalue weighted by atomic mass is 16.5. The van der Waals surface area contributed by atoms with Gasteiger partial charge in [-0.3, -0.25) is 0 Å². The second-order valence-corrected chi connectivity index (χ2v) is 4.75. The molecular weight excluding hydrogens is 172 g/mol. The number of rotatable bonds is 2. The van der Waals surface area contributed by atoms with E-state index >= 15 is 0 Å². The summed E-state index contributed by atoms with van der Waals surface area (Å²) in [4.78, 5) is 0. The summed E-state index contributed by atoms with van der Waals surface area (Å²) < 4.78 is 5.30. The van der Waals surface area contributed by atoms with E-state index in [9.17, 15) is 0 Å². The fourth-order valence-corrected chi connectivity index (χ4v) is 1.39. The largest absolute Gasteiger partial charge is 0.377 e. The average Bonchev–Trinajstić information content (AvgIpc) is 2.15. The summed E-state index contributed by atoms with van der Waals surface area (Å²) in [5.74, 6) is 0. The van der Waals surface area contributed by atoms with Crippen LogP contribution in [0.2, 0.25) is 0 Å². The van der Waals surface area contributed by atoms with Crippen LogP contribution in [0.1, 0.15) is 44.9 Å². The molecule has 1 aromatic rings. The minimum atomic E-state index is 0.178. The maximum absolute atomic E-state index is 5.30. The monoisotopic (exact) mass is 192 g/mol. The first kappa shape index (κ1) is 11.3. The summed E-state index contributed by atoms with van der Waals surface area (Å²) in [5, 5.41) is 0. The molecule has 1 nitrogen and oxygen atoms in total. The summed E-state index contributed by atoms with van der Waals surface area (Å²) in [7, 11) is 1.74. The first-order valence-electron chi connectivity index (χ1n) is 5.08. The normalized spacial score (nSPS) is 14.1. The summed E-state index contributed by atoms with van der Waals surface area (Å²) >= 11 is 0. The molecule has 0 aromatic heterocycles. The van der Waals surface area contributed by atoms with Crippen molar-refractivity contribution in [1.29, 1.82) is 0 Å². The molecule has 0 heterocycles. The third kappa shape index (κ3) is 2.58. The van der Waals surface area contributed by atoms with Crippen LogP contribution in [-0.4, -0.2) is 7.11 Å². The van der Waals surface area contributed by atoms with Crippen molar-refractivity contribution in [3.8, 4) is 0 Å². The van der Waals surface area contributed by atoms with E-state index < -0.39 is 0 Å². The highest BCUT2D eigenvalue weighted by Gasteiger charge is 2.14. The van der Waals surface area contributed by atoms with Gasteiger partial charge in [0.05, 0.1) is 6.10 Å². The van der Waals surface area contributed by atoms with Gasteiger partial charge in [0.2, 0.25) is 0 Å². The van der Waals surface area contributed by atoms with Gasteiger partial charge in [-0.2, -0.15) is 0 Å². The minimum absolute atomic E-state index is 0.178. The Balaban J connectivity index is 3.01. The molecule has 0 aliphatic rings. The molecule has 1 aromatic carbocycles. The summed E-state index contributed by atoms with van der Waals surface area (Å²) in [6.07, 6.45) is 0.178. The molecule has 0 spiro atoms. The Morgan fingerprint density at radius 1 is 1.21 bits per heavy atom. The van der Waals surface area contributed by atoms with Gasteiger partial charge >= 0.3 is 0 Å². The Morgan fingerprint density at radius 3 is 2.36 bits per heavy atom. The highest BCUT2D eigenvalue weighted by molar-refractivity contribution is 5.29. The van der Waals surface area contributed by atoms with Gasteiger partial charge < -0.3 is 4.74 Å². The van der Waals surface area contributed by atoms with Crippen molar-refractivity contribution < 1.29 is 4.74 Å². The van der Waals surface area contributed by atoms with Crippen molar-refractivity contribution in [3.63, 3.8) is 0 Å². The topological polar surface area (TPSA) is 9.23 Å². The molecular formula is C13H20O. The second kappa shape index (κ2) is 4.14. The van der Waals surface area contributed by atoms with Crippen LogP contribution >= 0.6 is 0 Å².